The Morgan fingerprint density at radius 1 is 1.25 bits per heavy atom. The molecule has 148 valence electrons. The molecule has 11 nitrogen and oxygen atoms in total. The third-order valence-electron chi connectivity index (χ3n) is 4.15. The highest BCUT2D eigenvalue weighted by atomic mass is 32.2. The quantitative estimate of drug-likeness (QED) is 0.233. The Morgan fingerprint density at radius 2 is 1.89 bits per heavy atom. The van der Waals surface area contributed by atoms with Gasteiger partial charge in [-0.1, -0.05) is 0 Å². The standard InChI is InChI=1S/C16H14N2O9S/c1-6-8(4-13(20)21)16(23)27-10-3-7(17)2-9(14(6)10)18-12(19)5-11(15(18)22)28(24,25)26/h2-3,5,19,22H,4,17H2,1H3,(H,20,21)(H,24,25,26). The summed E-state index contributed by atoms with van der Waals surface area (Å²) < 4.78 is 37.8. The number of hydrogen-bond donors (Lipinski definition) is 5. The zero-order chi connectivity index (χ0) is 21.0. The third kappa shape index (κ3) is 3.04. The summed E-state index contributed by atoms with van der Waals surface area (Å²) in [5.74, 6) is -3.06. The van der Waals surface area contributed by atoms with E-state index in [9.17, 15) is 32.8 Å². The van der Waals surface area contributed by atoms with E-state index in [-0.39, 0.29) is 33.5 Å². The fourth-order valence-electron chi connectivity index (χ4n) is 2.97. The lowest BCUT2D eigenvalue weighted by Crippen LogP contribution is -2.15. The number of nitrogens with two attached hydrogens (primary N) is 1. The number of aliphatic carboxylic acids is 1. The Labute approximate surface area is 156 Å². The van der Waals surface area contributed by atoms with Crippen LogP contribution in [0.25, 0.3) is 16.7 Å². The van der Waals surface area contributed by atoms with E-state index in [0.717, 1.165) is 0 Å². The van der Waals surface area contributed by atoms with Gasteiger partial charge in [-0.3, -0.25) is 9.35 Å². The monoisotopic (exact) mass is 410 g/mol. The molecule has 2 heterocycles. The molecule has 12 heteroatoms. The molecule has 6 N–H and O–H groups in total. The van der Waals surface area contributed by atoms with Crippen LogP contribution in [0.5, 0.6) is 11.8 Å². The predicted octanol–water partition coefficient (Wildman–Crippen LogP) is 0.759. The summed E-state index contributed by atoms with van der Waals surface area (Å²) in [5, 5.41) is 29.5. The molecule has 0 bridgehead atoms. The van der Waals surface area contributed by atoms with Crippen LogP contribution in [0.2, 0.25) is 0 Å². The molecular weight excluding hydrogens is 396 g/mol. The van der Waals surface area contributed by atoms with E-state index in [2.05, 4.69) is 0 Å². The van der Waals surface area contributed by atoms with Crippen LogP contribution in [-0.2, 0) is 21.3 Å². The molecular formula is C16H14N2O9S. The van der Waals surface area contributed by atoms with E-state index >= 15 is 0 Å². The maximum atomic E-state index is 12.1. The highest BCUT2D eigenvalue weighted by Crippen LogP contribution is 2.39. The lowest BCUT2D eigenvalue weighted by molar-refractivity contribution is -0.136. The minimum atomic E-state index is -4.86. The second-order valence-electron chi connectivity index (χ2n) is 5.98. The van der Waals surface area contributed by atoms with Crippen molar-refractivity contribution in [3.63, 3.8) is 0 Å². The van der Waals surface area contributed by atoms with Crippen molar-refractivity contribution in [2.75, 3.05) is 5.73 Å². The van der Waals surface area contributed by atoms with Crippen LogP contribution in [0.4, 0.5) is 5.69 Å². The van der Waals surface area contributed by atoms with Crippen molar-refractivity contribution >= 4 is 32.7 Å². The third-order valence-corrected chi connectivity index (χ3v) is 5.00. The minimum absolute atomic E-state index is 0.0388. The Kier molecular flexibility index (Phi) is 4.32. The van der Waals surface area contributed by atoms with E-state index in [4.69, 9.17) is 15.3 Å². The molecule has 2 aromatic heterocycles. The van der Waals surface area contributed by atoms with Gasteiger partial charge in [0.15, 0.2) is 10.8 Å². The summed E-state index contributed by atoms with van der Waals surface area (Å²) in [4.78, 5) is 22.2. The van der Waals surface area contributed by atoms with E-state index < -0.39 is 44.8 Å². The number of benzene rings is 1. The van der Waals surface area contributed by atoms with Gasteiger partial charge < -0.3 is 25.5 Å². The number of hydrogen-bond acceptors (Lipinski definition) is 8. The van der Waals surface area contributed by atoms with Gasteiger partial charge in [0.2, 0.25) is 5.88 Å². The molecule has 0 saturated carbocycles. The Morgan fingerprint density at radius 3 is 2.43 bits per heavy atom. The van der Waals surface area contributed by atoms with Gasteiger partial charge in [-0.2, -0.15) is 8.42 Å². The molecule has 0 radical (unpaired) electrons. The fraction of sp³-hybridized carbons (Fsp3) is 0.125. The van der Waals surface area contributed by atoms with Crippen LogP contribution in [0.15, 0.2) is 32.3 Å². The Balaban J connectivity index is 2.48. The second-order valence-corrected chi connectivity index (χ2v) is 7.37. The van der Waals surface area contributed by atoms with Gasteiger partial charge in [-0.05, 0) is 18.6 Å². The predicted molar refractivity (Wildman–Crippen MR) is 95.4 cm³/mol. The first-order chi connectivity index (χ1) is 12.9. The molecule has 0 amide bonds. The zero-order valence-corrected chi connectivity index (χ0v) is 15.0. The number of fused-ring (bicyclic) bond motifs is 1. The molecule has 0 saturated heterocycles. The second kappa shape index (κ2) is 6.28. The first-order valence-corrected chi connectivity index (χ1v) is 9.05. The van der Waals surface area contributed by atoms with Crippen LogP contribution in [-0.4, -0.2) is 38.8 Å². The van der Waals surface area contributed by atoms with Crippen molar-refractivity contribution in [2.24, 2.45) is 0 Å². The Bertz CT molecular complexity index is 1300. The highest BCUT2D eigenvalue weighted by molar-refractivity contribution is 7.86. The van der Waals surface area contributed by atoms with Gasteiger partial charge in [0.25, 0.3) is 10.1 Å². The number of carboxylic acid groups (broad SMARTS) is 1. The van der Waals surface area contributed by atoms with Gasteiger partial charge in [0, 0.05) is 23.2 Å². The first-order valence-electron chi connectivity index (χ1n) is 7.61. The van der Waals surface area contributed by atoms with Gasteiger partial charge >= 0.3 is 11.6 Å². The van der Waals surface area contributed by atoms with Crippen molar-refractivity contribution in [3.05, 3.63) is 39.7 Å². The lowest BCUT2D eigenvalue weighted by atomic mass is 10.0. The number of nitrogen functional groups attached to an aromatic ring is 1. The van der Waals surface area contributed by atoms with Crippen LogP contribution in [0.3, 0.4) is 0 Å². The van der Waals surface area contributed by atoms with Gasteiger partial charge in [0.05, 0.1) is 17.7 Å². The molecule has 0 aliphatic carbocycles. The average molecular weight is 410 g/mol. The van der Waals surface area contributed by atoms with E-state index in [1.165, 1.54) is 19.1 Å². The van der Waals surface area contributed by atoms with E-state index in [0.29, 0.717) is 10.6 Å². The van der Waals surface area contributed by atoms with E-state index in [1.54, 1.807) is 0 Å². The van der Waals surface area contributed by atoms with Crippen molar-refractivity contribution in [1.29, 1.82) is 0 Å². The van der Waals surface area contributed by atoms with Gasteiger partial charge in [-0.25, -0.2) is 9.36 Å². The summed E-state index contributed by atoms with van der Waals surface area (Å²) in [6.45, 7) is 1.43. The van der Waals surface area contributed by atoms with Crippen LogP contribution in [0.1, 0.15) is 11.1 Å². The number of aromatic nitrogens is 1. The largest absolute Gasteiger partial charge is 0.494 e. The number of anilines is 1. The molecule has 0 fully saturated rings. The molecule has 0 aliphatic heterocycles. The molecule has 0 unspecified atom stereocenters. The van der Waals surface area contributed by atoms with Crippen LogP contribution < -0.4 is 11.4 Å². The molecule has 3 aromatic rings. The SMILES string of the molecule is Cc1c(CC(=O)O)c(=O)oc2cc(N)cc(-n3c(O)cc(S(=O)(=O)O)c3O)c12. The first kappa shape index (κ1) is 19.3. The van der Waals surface area contributed by atoms with Gasteiger partial charge in [-0.15, -0.1) is 0 Å². The van der Waals surface area contributed by atoms with Crippen molar-refractivity contribution in [2.45, 2.75) is 18.2 Å². The van der Waals surface area contributed by atoms with Crippen molar-refractivity contribution < 1.29 is 37.5 Å². The number of nitrogens with zero attached hydrogens (tertiary/aromatic N) is 1. The molecule has 3 rings (SSSR count). The lowest BCUT2D eigenvalue weighted by Gasteiger charge is -2.14. The van der Waals surface area contributed by atoms with Crippen molar-refractivity contribution in [3.8, 4) is 17.4 Å². The number of rotatable bonds is 4. The van der Waals surface area contributed by atoms with Crippen LogP contribution in [0, 0.1) is 6.92 Å². The smallest absolute Gasteiger partial charge is 0.340 e. The molecule has 0 atom stereocenters. The van der Waals surface area contributed by atoms with Gasteiger partial charge in [0.1, 0.15) is 5.58 Å². The average Bonchev–Trinajstić information content (AvgIpc) is 2.85. The fourth-order valence-corrected chi connectivity index (χ4v) is 3.55. The summed E-state index contributed by atoms with van der Waals surface area (Å²) >= 11 is 0. The molecule has 1 aromatic carbocycles. The summed E-state index contributed by atoms with van der Waals surface area (Å²) in [6, 6.07) is 3.14. The summed E-state index contributed by atoms with van der Waals surface area (Å²) in [7, 11) is -4.86. The molecule has 0 spiro atoms. The number of aryl methyl sites for hydroxylation is 1. The number of carboxylic acids is 1. The summed E-state index contributed by atoms with van der Waals surface area (Å²) in [6.07, 6.45) is -0.645. The molecule has 0 aliphatic rings. The Hall–Kier alpha value is -3.51. The zero-order valence-electron chi connectivity index (χ0n) is 14.2. The maximum Gasteiger partial charge on any atom is 0.340 e. The summed E-state index contributed by atoms with van der Waals surface area (Å²) in [5.41, 5.74) is 4.74. The van der Waals surface area contributed by atoms with E-state index in [1.807, 2.05) is 0 Å². The highest BCUT2D eigenvalue weighted by Gasteiger charge is 2.27. The minimum Gasteiger partial charge on any atom is -0.494 e. The normalized spacial score (nSPS) is 11.8. The van der Waals surface area contributed by atoms with Crippen LogP contribution >= 0.6 is 0 Å². The number of carbonyl (C=O) groups is 1. The topological polar surface area (TPSA) is 193 Å². The number of aromatic hydroxyl groups is 2. The molecule has 28 heavy (non-hydrogen) atoms. The maximum absolute atomic E-state index is 12.1. The van der Waals surface area contributed by atoms with Crippen molar-refractivity contribution in [1.82, 2.24) is 4.57 Å².